The Morgan fingerprint density at radius 2 is 1.95 bits per heavy atom. The molecule has 0 unspecified atom stereocenters. The van der Waals surface area contributed by atoms with Gasteiger partial charge in [0.05, 0.1) is 11.6 Å². The summed E-state index contributed by atoms with van der Waals surface area (Å²) in [5, 5.41) is 11.5. The molecule has 0 aliphatic heterocycles. The zero-order chi connectivity index (χ0) is 15.5. The molecule has 1 amide bonds. The number of fused-ring (bicyclic) bond motifs is 1. The number of pyridine rings is 1. The molecule has 2 heterocycles. The Bertz CT molecular complexity index is 859. The molecule has 0 aliphatic rings. The van der Waals surface area contributed by atoms with E-state index in [1.807, 2.05) is 30.3 Å². The predicted octanol–water partition coefficient (Wildman–Crippen LogP) is 2.49. The highest BCUT2D eigenvalue weighted by Gasteiger charge is 2.17. The molecule has 0 bridgehead atoms. The summed E-state index contributed by atoms with van der Waals surface area (Å²) in [6.07, 6.45) is 0. The highest BCUT2D eigenvalue weighted by Crippen LogP contribution is 2.16. The molecule has 0 spiro atoms. The van der Waals surface area contributed by atoms with Crippen molar-refractivity contribution in [3.05, 3.63) is 64.4 Å². The van der Waals surface area contributed by atoms with Crippen LogP contribution in [0.4, 0.5) is 11.7 Å². The zero-order valence-corrected chi connectivity index (χ0v) is 11.1. The number of anilines is 1. The van der Waals surface area contributed by atoms with Gasteiger partial charge in [0.1, 0.15) is 10.7 Å². The van der Waals surface area contributed by atoms with Gasteiger partial charge in [-0.25, -0.2) is 4.98 Å². The third-order valence-corrected chi connectivity index (χ3v) is 2.90. The monoisotopic (exact) mass is 298 g/mol. The molecule has 0 radical (unpaired) electrons. The molecule has 3 aromatic rings. The maximum Gasteiger partial charge on any atom is 0.433 e. The SMILES string of the molecule is O=C(NNc1ccc2ccccc2n1)c1ccc([N+](=O)[O-])o1. The van der Waals surface area contributed by atoms with Crippen molar-refractivity contribution in [1.29, 1.82) is 0 Å². The van der Waals surface area contributed by atoms with Gasteiger partial charge >= 0.3 is 11.8 Å². The van der Waals surface area contributed by atoms with Gasteiger partial charge in [-0.2, -0.15) is 0 Å². The van der Waals surface area contributed by atoms with Crippen molar-refractivity contribution in [2.24, 2.45) is 0 Å². The number of amides is 1. The van der Waals surface area contributed by atoms with Gasteiger partial charge in [0.15, 0.2) is 0 Å². The molecule has 8 nitrogen and oxygen atoms in total. The number of para-hydroxylation sites is 1. The minimum Gasteiger partial charge on any atom is -0.395 e. The van der Waals surface area contributed by atoms with E-state index in [1.165, 1.54) is 6.07 Å². The van der Waals surface area contributed by atoms with Crippen LogP contribution in [0.25, 0.3) is 10.9 Å². The van der Waals surface area contributed by atoms with Gasteiger partial charge in [0.2, 0.25) is 5.76 Å². The molecule has 3 rings (SSSR count). The van der Waals surface area contributed by atoms with E-state index in [0.29, 0.717) is 5.82 Å². The number of hydrogen-bond donors (Lipinski definition) is 2. The first-order valence-electron chi connectivity index (χ1n) is 6.30. The van der Waals surface area contributed by atoms with E-state index < -0.39 is 16.7 Å². The zero-order valence-electron chi connectivity index (χ0n) is 11.1. The lowest BCUT2D eigenvalue weighted by Crippen LogP contribution is -2.29. The largest absolute Gasteiger partial charge is 0.433 e. The van der Waals surface area contributed by atoms with Crippen molar-refractivity contribution >= 4 is 28.5 Å². The average molecular weight is 298 g/mol. The van der Waals surface area contributed by atoms with Crippen LogP contribution < -0.4 is 10.9 Å². The lowest BCUT2D eigenvalue weighted by Gasteiger charge is -2.07. The number of benzene rings is 1. The standard InChI is InChI=1S/C14H10N4O4/c19-14(11-6-8-13(22-11)18(20)21)17-16-12-7-5-9-3-1-2-4-10(9)15-12/h1-8H,(H,15,16)(H,17,19). The Hall–Kier alpha value is -3.42. The molecule has 1 aromatic carbocycles. The van der Waals surface area contributed by atoms with Gasteiger partial charge in [-0.05, 0) is 24.3 Å². The lowest BCUT2D eigenvalue weighted by molar-refractivity contribution is -0.402. The molecular formula is C14H10N4O4. The molecule has 8 heteroatoms. The van der Waals surface area contributed by atoms with E-state index in [4.69, 9.17) is 4.42 Å². The normalized spacial score (nSPS) is 10.4. The Morgan fingerprint density at radius 3 is 2.73 bits per heavy atom. The number of rotatable bonds is 4. The smallest absolute Gasteiger partial charge is 0.395 e. The van der Waals surface area contributed by atoms with Crippen LogP contribution in [-0.2, 0) is 0 Å². The molecule has 0 aliphatic carbocycles. The first-order chi connectivity index (χ1) is 10.6. The molecule has 0 saturated carbocycles. The average Bonchev–Trinajstić information content (AvgIpc) is 3.03. The minimum absolute atomic E-state index is 0.167. The number of carbonyl (C=O) groups is 1. The second-order valence-electron chi connectivity index (χ2n) is 4.36. The van der Waals surface area contributed by atoms with Gasteiger partial charge in [-0.1, -0.05) is 18.2 Å². The Morgan fingerprint density at radius 1 is 1.14 bits per heavy atom. The molecule has 2 N–H and O–H groups in total. The topological polar surface area (TPSA) is 110 Å². The lowest BCUT2D eigenvalue weighted by atomic mass is 10.2. The van der Waals surface area contributed by atoms with Crippen molar-refractivity contribution in [3.8, 4) is 0 Å². The number of nitro groups is 1. The van der Waals surface area contributed by atoms with Crippen LogP contribution in [0.5, 0.6) is 0 Å². The number of carbonyl (C=O) groups excluding carboxylic acids is 1. The minimum atomic E-state index is -0.713. The van der Waals surface area contributed by atoms with Gasteiger partial charge in [0.25, 0.3) is 0 Å². The summed E-state index contributed by atoms with van der Waals surface area (Å²) in [7, 11) is 0. The fraction of sp³-hybridized carbons (Fsp3) is 0. The number of furan rings is 1. The summed E-state index contributed by atoms with van der Waals surface area (Å²) in [5.74, 6) is -0.856. The summed E-state index contributed by atoms with van der Waals surface area (Å²) >= 11 is 0. The van der Waals surface area contributed by atoms with Crippen LogP contribution in [0, 0.1) is 10.1 Å². The molecular weight excluding hydrogens is 288 g/mol. The summed E-state index contributed by atoms with van der Waals surface area (Å²) in [4.78, 5) is 25.9. The molecule has 2 aromatic heterocycles. The summed E-state index contributed by atoms with van der Waals surface area (Å²) < 4.78 is 4.79. The van der Waals surface area contributed by atoms with Crippen LogP contribution in [0.3, 0.4) is 0 Å². The third-order valence-electron chi connectivity index (χ3n) is 2.90. The van der Waals surface area contributed by atoms with Crippen LogP contribution >= 0.6 is 0 Å². The van der Waals surface area contributed by atoms with Crippen LogP contribution in [-0.4, -0.2) is 15.8 Å². The van der Waals surface area contributed by atoms with E-state index in [0.717, 1.165) is 17.0 Å². The van der Waals surface area contributed by atoms with Crippen molar-refractivity contribution < 1.29 is 14.1 Å². The maximum atomic E-state index is 11.8. The maximum absolute atomic E-state index is 11.8. The van der Waals surface area contributed by atoms with Gasteiger partial charge in [0, 0.05) is 5.39 Å². The Labute approximate surface area is 123 Å². The highest BCUT2D eigenvalue weighted by atomic mass is 16.6. The predicted molar refractivity (Wildman–Crippen MR) is 78.2 cm³/mol. The number of nitrogens with one attached hydrogen (secondary N) is 2. The summed E-state index contributed by atoms with van der Waals surface area (Å²) in [5.41, 5.74) is 5.77. The Balaban J connectivity index is 1.70. The number of aromatic nitrogens is 1. The van der Waals surface area contributed by atoms with Gasteiger partial charge in [-0.15, -0.1) is 0 Å². The number of hydrogen-bond acceptors (Lipinski definition) is 6. The van der Waals surface area contributed by atoms with E-state index in [9.17, 15) is 14.9 Å². The molecule has 0 fully saturated rings. The fourth-order valence-corrected chi connectivity index (χ4v) is 1.87. The quantitative estimate of drug-likeness (QED) is 0.565. The first kappa shape index (κ1) is 13.6. The van der Waals surface area contributed by atoms with E-state index in [1.54, 1.807) is 6.07 Å². The molecule has 0 saturated heterocycles. The molecule has 22 heavy (non-hydrogen) atoms. The second kappa shape index (κ2) is 5.52. The van der Waals surface area contributed by atoms with Crippen LogP contribution in [0.15, 0.2) is 52.9 Å². The summed E-state index contributed by atoms with van der Waals surface area (Å²) in [6.45, 7) is 0. The highest BCUT2D eigenvalue weighted by molar-refractivity contribution is 5.92. The van der Waals surface area contributed by atoms with Crippen LogP contribution in [0.1, 0.15) is 10.6 Å². The molecule has 0 atom stereocenters. The summed E-state index contributed by atoms with van der Waals surface area (Å²) in [6, 6.07) is 13.4. The van der Waals surface area contributed by atoms with Gasteiger partial charge in [-0.3, -0.25) is 25.8 Å². The van der Waals surface area contributed by atoms with Gasteiger partial charge < -0.3 is 4.42 Å². The number of nitrogens with zero attached hydrogens (tertiary/aromatic N) is 2. The van der Waals surface area contributed by atoms with Crippen molar-refractivity contribution in [3.63, 3.8) is 0 Å². The second-order valence-corrected chi connectivity index (χ2v) is 4.36. The third kappa shape index (κ3) is 2.70. The van der Waals surface area contributed by atoms with E-state index in [-0.39, 0.29) is 5.76 Å². The Kier molecular flexibility index (Phi) is 3.40. The number of hydrazine groups is 1. The van der Waals surface area contributed by atoms with Crippen molar-refractivity contribution in [1.82, 2.24) is 10.4 Å². The van der Waals surface area contributed by atoms with Crippen LogP contribution in [0.2, 0.25) is 0 Å². The first-order valence-corrected chi connectivity index (χ1v) is 6.30. The van der Waals surface area contributed by atoms with E-state index >= 15 is 0 Å². The van der Waals surface area contributed by atoms with E-state index in [2.05, 4.69) is 15.8 Å². The fourth-order valence-electron chi connectivity index (χ4n) is 1.87. The van der Waals surface area contributed by atoms with Crippen molar-refractivity contribution in [2.45, 2.75) is 0 Å². The van der Waals surface area contributed by atoms with Crippen molar-refractivity contribution in [2.75, 3.05) is 5.43 Å². The molecule has 110 valence electrons.